The van der Waals surface area contributed by atoms with E-state index in [1.165, 1.54) is 30.6 Å². The maximum atomic E-state index is 10.6. The van der Waals surface area contributed by atoms with E-state index in [1.54, 1.807) is 7.05 Å². The molecule has 0 saturated heterocycles. The molecule has 1 rings (SSSR count). The van der Waals surface area contributed by atoms with E-state index in [9.17, 15) is 4.79 Å². The van der Waals surface area contributed by atoms with Gasteiger partial charge in [-0.3, -0.25) is 0 Å². The van der Waals surface area contributed by atoms with Crippen molar-refractivity contribution in [3.8, 4) is 0 Å². The fourth-order valence-electron chi connectivity index (χ4n) is 1.80. The second kappa shape index (κ2) is 4.33. The van der Waals surface area contributed by atoms with Gasteiger partial charge in [-0.05, 0) is 12.8 Å². The first-order valence-corrected chi connectivity index (χ1v) is 4.67. The van der Waals surface area contributed by atoms with E-state index >= 15 is 0 Å². The molecule has 0 atom stereocenters. The highest BCUT2D eigenvalue weighted by Crippen LogP contribution is 2.20. The van der Waals surface area contributed by atoms with Crippen LogP contribution in [-0.4, -0.2) is 29.2 Å². The minimum atomic E-state index is -0.790. The Morgan fingerprint density at radius 1 is 1.25 bits per heavy atom. The van der Waals surface area contributed by atoms with Crippen molar-refractivity contribution in [2.45, 2.75) is 44.6 Å². The van der Waals surface area contributed by atoms with Crippen molar-refractivity contribution >= 4 is 6.09 Å². The third-order valence-corrected chi connectivity index (χ3v) is 2.67. The summed E-state index contributed by atoms with van der Waals surface area (Å²) >= 11 is 0. The largest absolute Gasteiger partial charge is 0.465 e. The minimum Gasteiger partial charge on any atom is -0.465 e. The molecule has 1 aliphatic carbocycles. The Hall–Kier alpha value is -0.730. The van der Waals surface area contributed by atoms with Gasteiger partial charge in [-0.1, -0.05) is 25.7 Å². The van der Waals surface area contributed by atoms with Crippen LogP contribution >= 0.6 is 0 Å². The predicted octanol–water partition coefficient (Wildman–Crippen LogP) is 2.32. The first-order chi connectivity index (χ1) is 5.72. The molecule has 1 N–H and O–H groups in total. The summed E-state index contributed by atoms with van der Waals surface area (Å²) in [4.78, 5) is 12.1. The van der Waals surface area contributed by atoms with Gasteiger partial charge in [0.25, 0.3) is 0 Å². The van der Waals surface area contributed by atoms with Crippen LogP contribution in [0.1, 0.15) is 38.5 Å². The van der Waals surface area contributed by atoms with Crippen LogP contribution in [0.2, 0.25) is 0 Å². The van der Waals surface area contributed by atoms with Crippen molar-refractivity contribution in [2.24, 2.45) is 0 Å². The SMILES string of the molecule is CN(C(=O)O)C1CCCCCC1. The summed E-state index contributed by atoms with van der Waals surface area (Å²) in [6.07, 6.45) is 6.20. The van der Waals surface area contributed by atoms with E-state index < -0.39 is 6.09 Å². The molecule has 0 unspecified atom stereocenters. The second-order valence-corrected chi connectivity index (χ2v) is 3.54. The molecule has 1 fully saturated rings. The van der Waals surface area contributed by atoms with Gasteiger partial charge in [0.2, 0.25) is 0 Å². The fraction of sp³-hybridized carbons (Fsp3) is 0.889. The van der Waals surface area contributed by atoms with Gasteiger partial charge in [0.1, 0.15) is 0 Å². The monoisotopic (exact) mass is 171 g/mol. The molecular formula is C9H17NO2. The third-order valence-electron chi connectivity index (χ3n) is 2.67. The zero-order valence-corrected chi connectivity index (χ0v) is 7.62. The normalized spacial score (nSPS) is 20.1. The van der Waals surface area contributed by atoms with Crippen molar-refractivity contribution in [1.29, 1.82) is 0 Å². The molecule has 0 aliphatic heterocycles. The molecule has 1 amide bonds. The highest BCUT2D eigenvalue weighted by molar-refractivity contribution is 5.64. The Morgan fingerprint density at radius 3 is 2.17 bits per heavy atom. The Morgan fingerprint density at radius 2 is 1.75 bits per heavy atom. The molecule has 0 aromatic carbocycles. The van der Waals surface area contributed by atoms with Crippen molar-refractivity contribution in [1.82, 2.24) is 4.90 Å². The van der Waals surface area contributed by atoms with Gasteiger partial charge in [-0.2, -0.15) is 0 Å². The van der Waals surface area contributed by atoms with E-state index in [0.29, 0.717) is 0 Å². The fourth-order valence-corrected chi connectivity index (χ4v) is 1.80. The number of carbonyl (C=O) groups is 1. The molecule has 3 heteroatoms. The average molecular weight is 171 g/mol. The molecule has 1 saturated carbocycles. The van der Waals surface area contributed by atoms with Crippen LogP contribution in [0.5, 0.6) is 0 Å². The smallest absolute Gasteiger partial charge is 0.407 e. The van der Waals surface area contributed by atoms with Gasteiger partial charge in [0, 0.05) is 13.1 Å². The maximum absolute atomic E-state index is 10.6. The number of amides is 1. The van der Waals surface area contributed by atoms with E-state index in [-0.39, 0.29) is 6.04 Å². The Bertz CT molecular complexity index is 151. The maximum Gasteiger partial charge on any atom is 0.407 e. The summed E-state index contributed by atoms with van der Waals surface area (Å²) in [6.45, 7) is 0. The molecule has 0 bridgehead atoms. The molecule has 0 radical (unpaired) electrons. The Kier molecular flexibility index (Phi) is 3.38. The number of rotatable bonds is 1. The Balaban J connectivity index is 2.42. The molecule has 0 spiro atoms. The van der Waals surface area contributed by atoms with Gasteiger partial charge in [-0.15, -0.1) is 0 Å². The van der Waals surface area contributed by atoms with Crippen LogP contribution in [0, 0.1) is 0 Å². The predicted molar refractivity (Wildman–Crippen MR) is 47.3 cm³/mol. The van der Waals surface area contributed by atoms with Gasteiger partial charge >= 0.3 is 6.09 Å². The number of hydrogen-bond acceptors (Lipinski definition) is 1. The number of nitrogens with zero attached hydrogens (tertiary/aromatic N) is 1. The topological polar surface area (TPSA) is 40.5 Å². The van der Waals surface area contributed by atoms with Gasteiger partial charge < -0.3 is 10.0 Å². The van der Waals surface area contributed by atoms with E-state index in [1.807, 2.05) is 0 Å². The lowest BCUT2D eigenvalue weighted by atomic mass is 10.1. The second-order valence-electron chi connectivity index (χ2n) is 3.54. The lowest BCUT2D eigenvalue weighted by Gasteiger charge is -2.23. The summed E-state index contributed by atoms with van der Waals surface area (Å²) < 4.78 is 0. The highest BCUT2D eigenvalue weighted by atomic mass is 16.4. The van der Waals surface area contributed by atoms with Crippen molar-refractivity contribution in [3.05, 3.63) is 0 Å². The van der Waals surface area contributed by atoms with E-state index in [2.05, 4.69) is 0 Å². The zero-order valence-electron chi connectivity index (χ0n) is 7.62. The molecular weight excluding hydrogens is 154 g/mol. The first-order valence-electron chi connectivity index (χ1n) is 4.67. The Labute approximate surface area is 73.4 Å². The molecule has 12 heavy (non-hydrogen) atoms. The first kappa shape index (κ1) is 9.36. The van der Waals surface area contributed by atoms with Gasteiger partial charge in [-0.25, -0.2) is 4.79 Å². The van der Waals surface area contributed by atoms with Crippen LogP contribution in [0.3, 0.4) is 0 Å². The molecule has 0 heterocycles. The van der Waals surface area contributed by atoms with Crippen molar-refractivity contribution < 1.29 is 9.90 Å². The lowest BCUT2D eigenvalue weighted by molar-refractivity contribution is 0.134. The van der Waals surface area contributed by atoms with Gasteiger partial charge in [0.05, 0.1) is 0 Å². The molecule has 0 aromatic rings. The lowest BCUT2D eigenvalue weighted by Crippen LogP contribution is -2.35. The molecule has 0 aromatic heterocycles. The summed E-state index contributed by atoms with van der Waals surface area (Å²) in [5, 5.41) is 8.75. The summed E-state index contributed by atoms with van der Waals surface area (Å²) in [6, 6.07) is 0.269. The quantitative estimate of drug-likeness (QED) is 0.615. The summed E-state index contributed by atoms with van der Waals surface area (Å²) in [5.41, 5.74) is 0. The third kappa shape index (κ3) is 2.40. The van der Waals surface area contributed by atoms with Crippen LogP contribution in [0.25, 0.3) is 0 Å². The standard InChI is InChI=1S/C9H17NO2/c1-10(9(11)12)8-6-4-2-3-5-7-8/h8H,2-7H2,1H3,(H,11,12). The van der Waals surface area contributed by atoms with Crippen molar-refractivity contribution in [2.75, 3.05) is 7.05 Å². The van der Waals surface area contributed by atoms with Gasteiger partial charge in [0.15, 0.2) is 0 Å². The highest BCUT2D eigenvalue weighted by Gasteiger charge is 2.19. The summed E-state index contributed by atoms with van der Waals surface area (Å²) in [7, 11) is 1.68. The van der Waals surface area contributed by atoms with E-state index in [0.717, 1.165) is 12.8 Å². The van der Waals surface area contributed by atoms with Crippen molar-refractivity contribution in [3.63, 3.8) is 0 Å². The number of hydrogen-bond donors (Lipinski definition) is 1. The van der Waals surface area contributed by atoms with Crippen LogP contribution in [0.4, 0.5) is 4.79 Å². The molecule has 1 aliphatic rings. The van der Waals surface area contributed by atoms with Crippen LogP contribution < -0.4 is 0 Å². The molecule has 3 nitrogen and oxygen atoms in total. The minimum absolute atomic E-state index is 0.269. The zero-order chi connectivity index (χ0) is 8.97. The average Bonchev–Trinajstić information content (AvgIpc) is 2.30. The molecule has 70 valence electrons. The number of carboxylic acid groups (broad SMARTS) is 1. The van der Waals surface area contributed by atoms with Crippen LogP contribution in [0.15, 0.2) is 0 Å². The van der Waals surface area contributed by atoms with Crippen LogP contribution in [-0.2, 0) is 0 Å². The van der Waals surface area contributed by atoms with E-state index in [4.69, 9.17) is 5.11 Å². The summed E-state index contributed by atoms with van der Waals surface area (Å²) in [5.74, 6) is 0.